The highest BCUT2D eigenvalue weighted by molar-refractivity contribution is 7.02. The minimum absolute atomic E-state index is 0.348. The van der Waals surface area contributed by atoms with E-state index in [4.69, 9.17) is 45.6 Å². The zero-order valence-electron chi connectivity index (χ0n) is 26.6. The number of hydrogen-bond acceptors (Lipinski definition) is 11. The molecule has 0 aromatic rings. The molecule has 0 bridgehead atoms. The number of hydrogen-bond donors (Lipinski definition) is 1. The van der Waals surface area contributed by atoms with E-state index in [1.54, 1.807) is 0 Å². The van der Waals surface area contributed by atoms with E-state index in [0.29, 0.717) is 79.0 Å². The molecule has 0 saturated heterocycles. The molecular formula is C25H60N2O9Si3. The van der Waals surface area contributed by atoms with Crippen molar-refractivity contribution in [3.8, 4) is 0 Å². The Morgan fingerprint density at radius 1 is 0.487 bits per heavy atom. The molecule has 0 radical (unpaired) electrons. The second kappa shape index (κ2) is 21.0. The minimum Gasteiger partial charge on any atom is -0.373 e. The summed E-state index contributed by atoms with van der Waals surface area (Å²) in [5.74, 6) is 0. The van der Waals surface area contributed by atoms with E-state index in [1.807, 2.05) is 62.3 Å². The molecule has 0 aliphatic rings. The molecule has 0 atom stereocenters. The quantitative estimate of drug-likeness (QED) is 0.137. The Morgan fingerprint density at radius 3 is 0.949 bits per heavy atom. The molecule has 0 unspecified atom stereocenters. The lowest BCUT2D eigenvalue weighted by atomic mass is 10.3. The van der Waals surface area contributed by atoms with Crippen molar-refractivity contribution in [3.05, 3.63) is 0 Å². The maximum atomic E-state index is 6.72. The Balaban J connectivity index is 8.14. The van der Waals surface area contributed by atoms with Gasteiger partial charge in [-0.1, -0.05) is 0 Å². The van der Waals surface area contributed by atoms with E-state index in [-0.39, 0.29) is 0 Å². The summed E-state index contributed by atoms with van der Waals surface area (Å²) in [7, 11) is -9.46. The Hall–Kier alpha value is 0.211. The van der Waals surface area contributed by atoms with Gasteiger partial charge in [-0.15, -0.1) is 0 Å². The van der Waals surface area contributed by atoms with Crippen LogP contribution in [0.2, 0.25) is 4.28 Å². The van der Waals surface area contributed by atoms with E-state index < -0.39 is 30.7 Å². The van der Waals surface area contributed by atoms with Crippen molar-refractivity contribution in [1.29, 1.82) is 0 Å². The van der Waals surface area contributed by atoms with Crippen molar-refractivity contribution in [2.75, 3.05) is 86.1 Å². The first-order valence-electron chi connectivity index (χ1n) is 14.9. The zero-order chi connectivity index (χ0) is 29.8. The molecule has 0 heterocycles. The van der Waals surface area contributed by atoms with Crippen molar-refractivity contribution in [3.63, 3.8) is 0 Å². The zero-order valence-corrected chi connectivity index (χ0v) is 29.6. The molecule has 0 saturated carbocycles. The molecule has 0 aliphatic carbocycles. The summed E-state index contributed by atoms with van der Waals surface area (Å²) >= 11 is 0. The molecule has 39 heavy (non-hydrogen) atoms. The molecule has 0 aromatic carbocycles. The van der Waals surface area contributed by atoms with Crippen molar-refractivity contribution < 1.29 is 39.8 Å². The third-order valence-electron chi connectivity index (χ3n) is 6.19. The molecular weight excluding hydrogens is 557 g/mol. The summed E-state index contributed by atoms with van der Waals surface area (Å²) in [5.41, 5.74) is 5.84. The van der Waals surface area contributed by atoms with Crippen LogP contribution in [0.4, 0.5) is 0 Å². The molecule has 236 valence electrons. The maximum absolute atomic E-state index is 6.72. The van der Waals surface area contributed by atoms with Gasteiger partial charge in [-0.2, -0.15) is 0 Å². The van der Waals surface area contributed by atoms with Crippen LogP contribution in [-0.4, -0.2) is 117 Å². The molecule has 11 nitrogen and oxygen atoms in total. The van der Waals surface area contributed by atoms with Crippen molar-refractivity contribution in [1.82, 2.24) is 4.90 Å². The summed E-state index contributed by atoms with van der Waals surface area (Å²) in [5, 5.41) is 0. The largest absolute Gasteiger partial charge is 0.516 e. The van der Waals surface area contributed by atoms with E-state index in [0.717, 1.165) is 13.0 Å². The summed E-state index contributed by atoms with van der Waals surface area (Å²) in [6, 6.07) is 0. The lowest BCUT2D eigenvalue weighted by molar-refractivity contribution is -0.0138. The summed E-state index contributed by atoms with van der Waals surface area (Å²) < 4.78 is 59.3. The van der Waals surface area contributed by atoms with Crippen LogP contribution in [0, 0.1) is 0 Å². The van der Waals surface area contributed by atoms with Gasteiger partial charge in [-0.25, -0.2) is 0 Å². The van der Waals surface area contributed by atoms with E-state index in [9.17, 15) is 0 Å². The predicted molar refractivity (Wildman–Crippen MR) is 160 cm³/mol. The SMILES string of the molecule is CCO[Si](OCC)(OCC)C(CCN(C)CCCN)([Si](OCC)(OCC)OCC)[Si](OCC)(OCC)OCC. The topological polar surface area (TPSA) is 112 Å². The average molecular weight is 617 g/mol. The summed E-state index contributed by atoms with van der Waals surface area (Å²) in [4.78, 5) is 2.23. The smallest absolute Gasteiger partial charge is 0.373 e. The van der Waals surface area contributed by atoms with Crippen LogP contribution in [0.15, 0.2) is 0 Å². The molecule has 0 amide bonds. The second-order valence-corrected chi connectivity index (χ2v) is 18.7. The van der Waals surface area contributed by atoms with Gasteiger partial charge in [0.15, 0.2) is 4.28 Å². The van der Waals surface area contributed by atoms with Crippen molar-refractivity contribution >= 4 is 26.4 Å². The fraction of sp³-hybridized carbons (Fsp3) is 1.00. The third-order valence-corrected chi connectivity index (χ3v) is 21.6. The Labute approximate surface area is 242 Å². The number of nitrogens with zero attached hydrogens (tertiary/aromatic N) is 1. The van der Waals surface area contributed by atoms with Gasteiger partial charge >= 0.3 is 26.4 Å². The molecule has 0 aliphatic heterocycles. The van der Waals surface area contributed by atoms with Gasteiger partial charge in [0.25, 0.3) is 0 Å². The fourth-order valence-electron chi connectivity index (χ4n) is 5.05. The van der Waals surface area contributed by atoms with Crippen molar-refractivity contribution in [2.24, 2.45) is 5.73 Å². The van der Waals surface area contributed by atoms with Crippen molar-refractivity contribution in [2.45, 2.75) is 79.4 Å². The number of nitrogens with two attached hydrogens (primary N) is 1. The highest BCUT2D eigenvalue weighted by Gasteiger charge is 2.89. The van der Waals surface area contributed by atoms with Gasteiger partial charge in [0, 0.05) is 59.5 Å². The molecule has 0 spiro atoms. The van der Waals surface area contributed by atoms with Crippen LogP contribution in [0.25, 0.3) is 0 Å². The minimum atomic E-state index is -3.85. The van der Waals surface area contributed by atoms with E-state index in [2.05, 4.69) is 11.9 Å². The van der Waals surface area contributed by atoms with Gasteiger partial charge in [-0.3, -0.25) is 0 Å². The first kappa shape index (κ1) is 39.2. The van der Waals surface area contributed by atoms with Crippen LogP contribution in [0.5, 0.6) is 0 Å². The molecule has 2 N–H and O–H groups in total. The lowest BCUT2D eigenvalue weighted by Gasteiger charge is -2.56. The fourth-order valence-corrected chi connectivity index (χ4v) is 21.1. The lowest BCUT2D eigenvalue weighted by Crippen LogP contribution is -2.82. The molecule has 14 heteroatoms. The van der Waals surface area contributed by atoms with Crippen LogP contribution >= 0.6 is 0 Å². The number of rotatable bonds is 27. The summed E-state index contributed by atoms with van der Waals surface area (Å²) in [6.07, 6.45) is 1.31. The Bertz CT molecular complexity index is 496. The van der Waals surface area contributed by atoms with E-state index >= 15 is 0 Å². The van der Waals surface area contributed by atoms with E-state index in [1.165, 1.54) is 0 Å². The molecule has 0 rings (SSSR count). The molecule has 0 fully saturated rings. The van der Waals surface area contributed by atoms with Gasteiger partial charge < -0.3 is 50.5 Å². The third kappa shape index (κ3) is 9.35. The van der Waals surface area contributed by atoms with Crippen LogP contribution in [-0.2, 0) is 39.8 Å². The summed E-state index contributed by atoms with van der Waals surface area (Å²) in [6.45, 7) is 22.6. The monoisotopic (exact) mass is 616 g/mol. The highest BCUT2D eigenvalue weighted by Crippen LogP contribution is 2.59. The maximum Gasteiger partial charge on any atom is 0.516 e. The molecule has 0 aromatic heterocycles. The predicted octanol–water partition coefficient (Wildman–Crippen LogP) is 3.62. The highest BCUT2D eigenvalue weighted by atomic mass is 28.5. The average Bonchev–Trinajstić information content (AvgIpc) is 2.89. The standard InChI is InChI=1S/C25H60N2O9Si3/c1-11-28-37(29-12-2,30-13-3)25(21-24-27(10)23-20-22-26,38(31-14-4,32-15-5)33-16-6)39(34-17-7,35-18-8)36-19-9/h11-24,26H2,1-10H3. The van der Waals surface area contributed by atoms with Gasteiger partial charge in [0.05, 0.1) is 0 Å². The van der Waals surface area contributed by atoms with Gasteiger partial charge in [-0.05, 0) is 102 Å². The Morgan fingerprint density at radius 2 is 0.744 bits per heavy atom. The normalized spacial score (nSPS) is 13.5. The van der Waals surface area contributed by atoms with Crippen LogP contribution in [0.3, 0.4) is 0 Å². The van der Waals surface area contributed by atoms with Crippen LogP contribution < -0.4 is 5.73 Å². The first-order valence-corrected chi connectivity index (χ1v) is 20.1. The second-order valence-electron chi connectivity index (χ2n) is 8.67. The van der Waals surface area contributed by atoms with Gasteiger partial charge in [0.1, 0.15) is 0 Å². The first-order chi connectivity index (χ1) is 18.8. The Kier molecular flexibility index (Phi) is 21.1. The van der Waals surface area contributed by atoms with Gasteiger partial charge in [0.2, 0.25) is 0 Å². The van der Waals surface area contributed by atoms with Crippen LogP contribution in [0.1, 0.15) is 75.2 Å².